The Morgan fingerprint density at radius 3 is 2.78 bits per heavy atom. The van der Waals surface area contributed by atoms with Crippen LogP contribution in [0.4, 0.5) is 0 Å². The highest BCUT2D eigenvalue weighted by Gasteiger charge is 2.24. The summed E-state index contributed by atoms with van der Waals surface area (Å²) in [4.78, 5) is 13.7. The van der Waals surface area contributed by atoms with Gasteiger partial charge in [0.05, 0.1) is 6.61 Å². The Bertz CT molecular complexity index is 439. The number of carbonyl (C=O) groups excluding carboxylic acids is 1. The average Bonchev–Trinajstić information content (AvgIpc) is 2.29. The van der Waals surface area contributed by atoms with E-state index in [9.17, 15) is 4.79 Å². The predicted molar refractivity (Wildman–Crippen MR) is 70.9 cm³/mol. The third-order valence-electron chi connectivity index (χ3n) is 3.15. The van der Waals surface area contributed by atoms with E-state index >= 15 is 0 Å². The first-order valence-electron chi connectivity index (χ1n) is 6.34. The highest BCUT2D eigenvalue weighted by atomic mass is 16.5. The minimum atomic E-state index is 0.0830. The Morgan fingerprint density at radius 2 is 2.22 bits per heavy atom. The van der Waals surface area contributed by atoms with Gasteiger partial charge >= 0.3 is 0 Å². The molecule has 0 unspecified atom stereocenters. The van der Waals surface area contributed by atoms with Crippen LogP contribution in [-0.2, 0) is 6.54 Å². The average molecular weight is 248 g/mol. The lowest BCUT2D eigenvalue weighted by Crippen LogP contribution is -2.54. The predicted octanol–water partition coefficient (Wildman–Crippen LogP) is 1.43. The molecule has 0 bridgehead atoms. The molecule has 2 N–H and O–H groups in total. The van der Waals surface area contributed by atoms with Crippen molar-refractivity contribution in [3.05, 3.63) is 29.3 Å². The van der Waals surface area contributed by atoms with E-state index in [2.05, 4.69) is 4.90 Å². The molecule has 4 heteroatoms. The number of ether oxygens (including phenoxy) is 1. The molecule has 0 saturated carbocycles. The normalized spacial score (nSPS) is 16.4. The zero-order chi connectivity index (χ0) is 13.1. The summed E-state index contributed by atoms with van der Waals surface area (Å²) < 4.78 is 5.60. The van der Waals surface area contributed by atoms with Crippen LogP contribution in [0.3, 0.4) is 0 Å². The molecule has 1 fully saturated rings. The van der Waals surface area contributed by atoms with Crippen molar-refractivity contribution in [2.45, 2.75) is 26.4 Å². The quantitative estimate of drug-likeness (QED) is 0.801. The Balaban J connectivity index is 2.17. The van der Waals surface area contributed by atoms with Gasteiger partial charge in [-0.05, 0) is 32.0 Å². The van der Waals surface area contributed by atoms with Crippen LogP contribution in [0, 0.1) is 0 Å². The van der Waals surface area contributed by atoms with Gasteiger partial charge in [-0.3, -0.25) is 9.69 Å². The number of Topliss-reactive ketones (excluding diaryl/α,β-unsaturated/α-hetero) is 1. The molecule has 0 radical (unpaired) electrons. The molecule has 0 atom stereocenters. The number of carbonyl (C=O) groups is 1. The molecular formula is C14H20N2O2. The third-order valence-corrected chi connectivity index (χ3v) is 3.15. The molecule has 1 heterocycles. The number of nitrogens with zero attached hydrogens (tertiary/aromatic N) is 1. The smallest absolute Gasteiger partial charge is 0.159 e. The van der Waals surface area contributed by atoms with Gasteiger partial charge in [0.15, 0.2) is 5.78 Å². The molecule has 1 aromatic carbocycles. The van der Waals surface area contributed by atoms with E-state index in [0.29, 0.717) is 6.61 Å². The SMILES string of the molecule is CCOc1ccc(C(C)=O)cc1CN1CC(N)C1. The van der Waals surface area contributed by atoms with Gasteiger partial charge in [-0.25, -0.2) is 0 Å². The van der Waals surface area contributed by atoms with Gasteiger partial charge in [-0.2, -0.15) is 0 Å². The standard InChI is InChI=1S/C14H20N2O2/c1-3-18-14-5-4-11(10(2)17)6-12(14)7-16-8-13(15)9-16/h4-6,13H,3,7-9,15H2,1-2H3. The summed E-state index contributed by atoms with van der Waals surface area (Å²) in [5.41, 5.74) is 7.57. The molecule has 1 aliphatic rings. The zero-order valence-electron chi connectivity index (χ0n) is 11.0. The molecular weight excluding hydrogens is 228 g/mol. The molecule has 2 rings (SSSR count). The lowest BCUT2D eigenvalue weighted by molar-refractivity contribution is 0.101. The topological polar surface area (TPSA) is 55.6 Å². The number of ketones is 1. The van der Waals surface area contributed by atoms with Crippen molar-refractivity contribution in [2.24, 2.45) is 5.73 Å². The minimum absolute atomic E-state index is 0.0830. The fourth-order valence-electron chi connectivity index (χ4n) is 2.20. The van der Waals surface area contributed by atoms with Gasteiger partial charge in [-0.1, -0.05) is 0 Å². The second-order valence-electron chi connectivity index (χ2n) is 4.77. The summed E-state index contributed by atoms with van der Waals surface area (Å²) in [7, 11) is 0. The second-order valence-corrected chi connectivity index (χ2v) is 4.77. The largest absolute Gasteiger partial charge is 0.494 e. The zero-order valence-corrected chi connectivity index (χ0v) is 11.0. The molecule has 4 nitrogen and oxygen atoms in total. The van der Waals surface area contributed by atoms with Gasteiger partial charge in [0.25, 0.3) is 0 Å². The molecule has 98 valence electrons. The highest BCUT2D eigenvalue weighted by molar-refractivity contribution is 5.94. The molecule has 18 heavy (non-hydrogen) atoms. The van der Waals surface area contributed by atoms with E-state index in [1.807, 2.05) is 25.1 Å². The first-order valence-corrected chi connectivity index (χ1v) is 6.34. The highest BCUT2D eigenvalue weighted by Crippen LogP contribution is 2.24. The fourth-order valence-corrected chi connectivity index (χ4v) is 2.20. The molecule has 0 amide bonds. The number of hydrogen-bond acceptors (Lipinski definition) is 4. The lowest BCUT2D eigenvalue weighted by atomic mass is 10.0. The first kappa shape index (κ1) is 13.1. The molecule has 1 saturated heterocycles. The summed E-state index contributed by atoms with van der Waals surface area (Å²) in [5.74, 6) is 0.947. The van der Waals surface area contributed by atoms with Crippen LogP contribution in [0.1, 0.15) is 29.8 Å². The van der Waals surface area contributed by atoms with Gasteiger partial charge in [0, 0.05) is 36.8 Å². The minimum Gasteiger partial charge on any atom is -0.494 e. The summed E-state index contributed by atoms with van der Waals surface area (Å²) in [5, 5.41) is 0. The maximum atomic E-state index is 11.4. The molecule has 0 spiro atoms. The van der Waals surface area contributed by atoms with Crippen LogP contribution in [-0.4, -0.2) is 36.4 Å². The number of rotatable bonds is 5. The van der Waals surface area contributed by atoms with Gasteiger partial charge < -0.3 is 10.5 Å². The Kier molecular flexibility index (Phi) is 3.99. The molecule has 1 aliphatic heterocycles. The maximum absolute atomic E-state index is 11.4. The van der Waals surface area contributed by atoms with Crippen LogP contribution >= 0.6 is 0 Å². The van der Waals surface area contributed by atoms with Crippen LogP contribution in [0.15, 0.2) is 18.2 Å². The number of likely N-dealkylation sites (tertiary alicyclic amines) is 1. The van der Waals surface area contributed by atoms with Crippen LogP contribution < -0.4 is 10.5 Å². The number of nitrogens with two attached hydrogens (primary N) is 1. The van der Waals surface area contributed by atoms with E-state index in [-0.39, 0.29) is 11.8 Å². The number of benzene rings is 1. The van der Waals surface area contributed by atoms with Crippen molar-refractivity contribution in [2.75, 3.05) is 19.7 Å². The second kappa shape index (κ2) is 5.50. The van der Waals surface area contributed by atoms with Crippen molar-refractivity contribution in [1.82, 2.24) is 4.90 Å². The van der Waals surface area contributed by atoms with Crippen molar-refractivity contribution < 1.29 is 9.53 Å². The Hall–Kier alpha value is -1.39. The monoisotopic (exact) mass is 248 g/mol. The third kappa shape index (κ3) is 2.89. The van der Waals surface area contributed by atoms with E-state index in [4.69, 9.17) is 10.5 Å². The van der Waals surface area contributed by atoms with Crippen molar-refractivity contribution >= 4 is 5.78 Å². The van der Waals surface area contributed by atoms with E-state index in [1.54, 1.807) is 6.92 Å². The lowest BCUT2D eigenvalue weighted by Gasteiger charge is -2.37. The van der Waals surface area contributed by atoms with Crippen LogP contribution in [0.25, 0.3) is 0 Å². The summed E-state index contributed by atoms with van der Waals surface area (Å²) in [6, 6.07) is 5.92. The van der Waals surface area contributed by atoms with Crippen molar-refractivity contribution in [3.8, 4) is 5.75 Å². The van der Waals surface area contributed by atoms with Crippen LogP contribution in [0.5, 0.6) is 5.75 Å². The van der Waals surface area contributed by atoms with Gasteiger partial charge in [0.2, 0.25) is 0 Å². The fraction of sp³-hybridized carbons (Fsp3) is 0.500. The van der Waals surface area contributed by atoms with Crippen molar-refractivity contribution in [3.63, 3.8) is 0 Å². The number of hydrogen-bond donors (Lipinski definition) is 1. The Morgan fingerprint density at radius 1 is 1.50 bits per heavy atom. The Labute approximate surface area is 108 Å². The van der Waals surface area contributed by atoms with Crippen molar-refractivity contribution in [1.29, 1.82) is 0 Å². The maximum Gasteiger partial charge on any atom is 0.159 e. The molecule has 1 aromatic rings. The van der Waals surface area contributed by atoms with E-state index < -0.39 is 0 Å². The van der Waals surface area contributed by atoms with Gasteiger partial charge in [0.1, 0.15) is 5.75 Å². The first-order chi connectivity index (χ1) is 8.60. The summed E-state index contributed by atoms with van der Waals surface area (Å²) in [6.07, 6.45) is 0. The van der Waals surface area contributed by atoms with Crippen LogP contribution in [0.2, 0.25) is 0 Å². The van der Waals surface area contributed by atoms with Gasteiger partial charge in [-0.15, -0.1) is 0 Å². The van der Waals surface area contributed by atoms with E-state index in [0.717, 1.165) is 36.5 Å². The molecule has 0 aromatic heterocycles. The summed E-state index contributed by atoms with van der Waals surface area (Å²) in [6.45, 7) is 6.79. The summed E-state index contributed by atoms with van der Waals surface area (Å²) >= 11 is 0. The molecule has 0 aliphatic carbocycles. The van der Waals surface area contributed by atoms with E-state index in [1.165, 1.54) is 0 Å².